The lowest BCUT2D eigenvalue weighted by Crippen LogP contribution is -2.41. The third-order valence-electron chi connectivity index (χ3n) is 12.7. The number of fused-ring (bicyclic) bond motifs is 4. The normalized spacial score (nSPS) is 17.0. The number of aryl methyl sites for hydroxylation is 2. The Hall–Kier alpha value is -5.42. The number of likely N-dealkylation sites (N-methyl/N-ethyl adjacent to an activating group) is 2. The average Bonchev–Trinajstić information content (AvgIpc) is 4.08. The zero-order valence-electron chi connectivity index (χ0n) is 38.7. The Balaban J connectivity index is 0.000000191. The molecule has 0 radical (unpaired) electrons. The number of hydrogen-bond acceptors (Lipinski definition) is 10. The first-order valence-corrected chi connectivity index (χ1v) is 24.1. The van der Waals surface area contributed by atoms with Crippen LogP contribution in [0.4, 0.5) is 0 Å². The van der Waals surface area contributed by atoms with E-state index in [4.69, 9.17) is 0 Å². The minimum atomic E-state index is 0. The monoisotopic (exact) mass is 904 g/mol. The first-order valence-electron chi connectivity index (χ1n) is 22.5. The summed E-state index contributed by atoms with van der Waals surface area (Å²) in [6, 6.07) is 9.01. The Morgan fingerprint density at radius 1 is 0.688 bits per heavy atom. The molecule has 8 aromatic rings. The molecule has 0 unspecified atom stereocenters. The Morgan fingerprint density at radius 2 is 1.09 bits per heavy atom. The molecule has 64 heavy (non-hydrogen) atoms. The fourth-order valence-corrected chi connectivity index (χ4v) is 12.5. The second kappa shape index (κ2) is 17.5. The second-order valence-corrected chi connectivity index (χ2v) is 20.9. The van der Waals surface area contributed by atoms with E-state index in [0.29, 0.717) is 23.9 Å². The first kappa shape index (κ1) is 43.8. The quantitative estimate of drug-likeness (QED) is 0.138. The number of H-pyrrole nitrogens is 2. The van der Waals surface area contributed by atoms with Crippen molar-refractivity contribution in [3.8, 4) is 22.5 Å². The summed E-state index contributed by atoms with van der Waals surface area (Å²) in [5, 5.41) is 8.66. The minimum Gasteiger partial charge on any atom is -0.354 e. The summed E-state index contributed by atoms with van der Waals surface area (Å²) < 4.78 is 6.02. The van der Waals surface area contributed by atoms with Crippen molar-refractivity contribution in [2.45, 2.75) is 91.1 Å². The molecule has 2 saturated heterocycles. The van der Waals surface area contributed by atoms with Crippen molar-refractivity contribution in [1.82, 2.24) is 58.8 Å². The summed E-state index contributed by atoms with van der Waals surface area (Å²) in [4.78, 5) is 52.8. The highest BCUT2D eigenvalue weighted by atomic mass is 32.1. The molecule has 0 aliphatic carbocycles. The third kappa shape index (κ3) is 8.13. The van der Waals surface area contributed by atoms with Gasteiger partial charge >= 0.3 is 0 Å². The van der Waals surface area contributed by atoms with Crippen LogP contribution in [0.5, 0.6) is 0 Å². The summed E-state index contributed by atoms with van der Waals surface area (Å²) in [7, 11) is 8.29. The van der Waals surface area contributed by atoms with Gasteiger partial charge in [-0.15, -0.1) is 22.7 Å². The highest BCUT2D eigenvalue weighted by Gasteiger charge is 2.33. The molecule has 2 aliphatic heterocycles. The van der Waals surface area contributed by atoms with Gasteiger partial charge in [-0.3, -0.25) is 9.59 Å². The van der Waals surface area contributed by atoms with Gasteiger partial charge in [0.15, 0.2) is 11.3 Å². The lowest BCUT2D eigenvalue weighted by molar-refractivity contribution is 0.0713. The number of hydrogen-bond donors (Lipinski definition) is 2. The minimum absolute atomic E-state index is 0. The van der Waals surface area contributed by atoms with Gasteiger partial charge in [0.05, 0.1) is 41.6 Å². The number of carbonyl (C=O) groups excluding carboxylic acids is 2. The molecule has 340 valence electrons. The molecule has 16 heteroatoms. The van der Waals surface area contributed by atoms with E-state index >= 15 is 0 Å². The highest BCUT2D eigenvalue weighted by molar-refractivity contribution is 7.21. The van der Waals surface area contributed by atoms with Crippen LogP contribution in [-0.4, -0.2) is 137 Å². The van der Waals surface area contributed by atoms with Crippen LogP contribution in [0.25, 0.3) is 54.2 Å². The number of pyridine rings is 2. The first-order chi connectivity index (χ1) is 30.7. The van der Waals surface area contributed by atoms with E-state index in [1.165, 1.54) is 20.5 Å². The molecule has 8 aromatic heterocycles. The molecular formula is C48H64N12O2S2. The maximum absolute atomic E-state index is 13.4. The van der Waals surface area contributed by atoms with Gasteiger partial charge in [-0.1, -0.05) is 27.7 Å². The van der Waals surface area contributed by atoms with E-state index in [0.717, 1.165) is 118 Å². The van der Waals surface area contributed by atoms with Crippen molar-refractivity contribution in [2.75, 3.05) is 54.4 Å². The summed E-state index contributed by atoms with van der Waals surface area (Å²) in [6.07, 6.45) is 11.6. The standard InChI is InChI=1S/2C24H30N6OS.2H2/c2*1-14(2)20-21(16-9-15(3)23-25-13-26-30(23)11-16)27-18-10-19(32-22(18)20)24(31)29-8-6-7-17(29)12-28(4)5;;/h2*9-11,13-14,17,27H,6-8,12H2,1-5H3;2*1H/t2*17-;;/m10../s1. The van der Waals surface area contributed by atoms with Crippen molar-refractivity contribution in [1.29, 1.82) is 0 Å². The maximum Gasteiger partial charge on any atom is 0.264 e. The number of amides is 2. The molecule has 2 aliphatic rings. The number of aromatic amines is 2. The van der Waals surface area contributed by atoms with Crippen molar-refractivity contribution < 1.29 is 12.4 Å². The molecule has 10 heterocycles. The summed E-state index contributed by atoms with van der Waals surface area (Å²) >= 11 is 3.24. The van der Waals surface area contributed by atoms with Crippen LogP contribution in [0, 0.1) is 13.8 Å². The van der Waals surface area contributed by atoms with Crippen LogP contribution >= 0.6 is 22.7 Å². The SMILES string of the molecule is Cc1cc(-c2[nH]c3cc(C(=O)N4CCC[C@@H]4CN(C)C)sc3c2C(C)C)cn2ncnc12.Cc1cc(-c2[nH]c3cc(C(=O)N4CCC[C@H]4CN(C)C)sc3c2C(C)C)cn2ncnc12.[HH].[HH]. The highest BCUT2D eigenvalue weighted by Crippen LogP contribution is 2.42. The van der Waals surface area contributed by atoms with Crippen LogP contribution in [0.2, 0.25) is 0 Å². The van der Waals surface area contributed by atoms with Gasteiger partial charge in [-0.25, -0.2) is 19.0 Å². The molecule has 2 atom stereocenters. The molecule has 14 nitrogen and oxygen atoms in total. The molecule has 0 spiro atoms. The van der Waals surface area contributed by atoms with E-state index in [1.54, 1.807) is 35.3 Å². The molecular weight excluding hydrogens is 841 g/mol. The van der Waals surface area contributed by atoms with Crippen molar-refractivity contribution in [3.05, 3.63) is 81.3 Å². The molecule has 2 fully saturated rings. The number of nitrogens with one attached hydrogen (secondary N) is 2. The number of rotatable bonds is 10. The summed E-state index contributed by atoms with van der Waals surface area (Å²) in [5.41, 5.74) is 12.9. The average molecular weight is 905 g/mol. The molecule has 10 rings (SSSR count). The lowest BCUT2D eigenvalue weighted by atomic mass is 9.99. The summed E-state index contributed by atoms with van der Waals surface area (Å²) in [5.74, 6) is 0.973. The van der Waals surface area contributed by atoms with Crippen LogP contribution in [0.15, 0.2) is 49.3 Å². The van der Waals surface area contributed by atoms with Gasteiger partial charge in [0.25, 0.3) is 11.8 Å². The maximum atomic E-state index is 13.4. The van der Waals surface area contributed by atoms with Gasteiger partial charge in [-0.2, -0.15) is 10.2 Å². The fraction of sp³-hybridized carbons (Fsp3) is 0.458. The van der Waals surface area contributed by atoms with Gasteiger partial charge in [0, 0.05) is 64.6 Å². The van der Waals surface area contributed by atoms with E-state index in [1.807, 2.05) is 33.6 Å². The molecule has 0 bridgehead atoms. The Bertz CT molecular complexity index is 2810. The van der Waals surface area contributed by atoms with Crippen LogP contribution in [-0.2, 0) is 0 Å². The van der Waals surface area contributed by atoms with Gasteiger partial charge < -0.3 is 29.6 Å². The Kier molecular flexibility index (Phi) is 12.0. The van der Waals surface area contributed by atoms with Crippen LogP contribution in [0.1, 0.15) is 110 Å². The summed E-state index contributed by atoms with van der Waals surface area (Å²) in [6.45, 7) is 16.5. The van der Waals surface area contributed by atoms with Crippen LogP contribution in [0.3, 0.4) is 0 Å². The van der Waals surface area contributed by atoms with Gasteiger partial charge in [0.1, 0.15) is 12.7 Å². The molecule has 0 saturated carbocycles. The van der Waals surface area contributed by atoms with Crippen molar-refractivity contribution in [3.63, 3.8) is 0 Å². The Labute approximate surface area is 385 Å². The van der Waals surface area contributed by atoms with Crippen molar-refractivity contribution in [2.24, 2.45) is 0 Å². The predicted molar refractivity (Wildman–Crippen MR) is 263 cm³/mol. The largest absolute Gasteiger partial charge is 0.354 e. The van der Waals surface area contributed by atoms with Gasteiger partial charge in [-0.05, 0) is 126 Å². The number of carbonyl (C=O) groups is 2. The predicted octanol–water partition coefficient (Wildman–Crippen LogP) is 9.57. The van der Waals surface area contributed by atoms with Crippen molar-refractivity contribution >= 4 is 66.2 Å². The lowest BCUT2D eigenvalue weighted by Gasteiger charge is -2.26. The second-order valence-electron chi connectivity index (χ2n) is 18.8. The Morgan fingerprint density at radius 3 is 1.47 bits per heavy atom. The molecule has 2 amide bonds. The van der Waals surface area contributed by atoms with E-state index in [9.17, 15) is 9.59 Å². The van der Waals surface area contributed by atoms with E-state index < -0.39 is 0 Å². The number of thiophene rings is 2. The van der Waals surface area contributed by atoms with Crippen LogP contribution < -0.4 is 0 Å². The third-order valence-corrected chi connectivity index (χ3v) is 15.0. The fourth-order valence-electron chi connectivity index (χ4n) is 9.94. The molecule has 0 aromatic carbocycles. The van der Waals surface area contributed by atoms with E-state index in [-0.39, 0.29) is 14.7 Å². The number of aromatic nitrogens is 8. The van der Waals surface area contributed by atoms with Gasteiger partial charge in [0.2, 0.25) is 0 Å². The number of likely N-dealkylation sites (tertiary alicyclic amines) is 2. The topological polar surface area (TPSA) is 139 Å². The smallest absolute Gasteiger partial charge is 0.264 e. The zero-order chi connectivity index (χ0) is 45.1. The van der Waals surface area contributed by atoms with E-state index in [2.05, 4.69) is 132 Å². The number of nitrogens with zero attached hydrogens (tertiary/aromatic N) is 10. The zero-order valence-corrected chi connectivity index (χ0v) is 40.3. The molecule has 2 N–H and O–H groups in total.